The molecular formula is C30H32. The number of benzene rings is 1. The average Bonchev–Trinajstić information content (AvgIpc) is 3.04. The van der Waals surface area contributed by atoms with Crippen LogP contribution in [0.15, 0.2) is 114 Å². The summed E-state index contributed by atoms with van der Waals surface area (Å²) in [6, 6.07) is 8.63. The van der Waals surface area contributed by atoms with Gasteiger partial charge >= 0.3 is 0 Å². The Bertz CT molecular complexity index is 1040. The highest BCUT2D eigenvalue weighted by Crippen LogP contribution is 2.36. The average molecular weight is 393 g/mol. The lowest BCUT2D eigenvalue weighted by atomic mass is 9.79. The van der Waals surface area contributed by atoms with Crippen LogP contribution < -0.4 is 0 Å². The molecule has 1 aromatic rings. The maximum absolute atomic E-state index is 4.31. The van der Waals surface area contributed by atoms with Crippen molar-refractivity contribution < 1.29 is 0 Å². The molecule has 0 unspecified atom stereocenters. The van der Waals surface area contributed by atoms with Gasteiger partial charge in [0, 0.05) is 0 Å². The highest BCUT2D eigenvalue weighted by molar-refractivity contribution is 5.79. The van der Waals surface area contributed by atoms with Gasteiger partial charge in [-0.1, -0.05) is 93.1 Å². The summed E-state index contributed by atoms with van der Waals surface area (Å²) >= 11 is 0. The highest BCUT2D eigenvalue weighted by atomic mass is 14.3. The first-order chi connectivity index (χ1) is 14.5. The molecule has 1 saturated carbocycles. The summed E-state index contributed by atoms with van der Waals surface area (Å²) < 4.78 is 0. The first kappa shape index (κ1) is 20.4. The maximum atomic E-state index is 4.31. The molecule has 4 rings (SSSR count). The fourth-order valence-electron chi connectivity index (χ4n) is 4.67. The van der Waals surface area contributed by atoms with Crippen LogP contribution in [0.4, 0.5) is 0 Å². The van der Waals surface area contributed by atoms with E-state index in [1.165, 1.54) is 59.1 Å². The summed E-state index contributed by atoms with van der Waals surface area (Å²) in [5.74, 6) is 1.54. The van der Waals surface area contributed by atoms with Gasteiger partial charge in [-0.05, 0) is 88.8 Å². The van der Waals surface area contributed by atoms with Crippen molar-refractivity contribution in [2.75, 3.05) is 0 Å². The Morgan fingerprint density at radius 2 is 1.33 bits per heavy atom. The van der Waals surface area contributed by atoms with Gasteiger partial charge in [0.2, 0.25) is 0 Å². The van der Waals surface area contributed by atoms with Crippen LogP contribution in [0.1, 0.15) is 43.7 Å². The summed E-state index contributed by atoms with van der Waals surface area (Å²) in [7, 11) is 0. The molecule has 0 nitrogen and oxygen atoms in total. The van der Waals surface area contributed by atoms with E-state index in [0.29, 0.717) is 5.92 Å². The van der Waals surface area contributed by atoms with Gasteiger partial charge in [-0.25, -0.2) is 0 Å². The second-order valence-electron chi connectivity index (χ2n) is 9.09. The van der Waals surface area contributed by atoms with Gasteiger partial charge in [-0.15, -0.1) is 0 Å². The molecule has 0 radical (unpaired) electrons. The van der Waals surface area contributed by atoms with E-state index < -0.39 is 0 Å². The summed E-state index contributed by atoms with van der Waals surface area (Å²) in [6.45, 7) is 13.1. The van der Waals surface area contributed by atoms with Gasteiger partial charge < -0.3 is 0 Å². The van der Waals surface area contributed by atoms with Crippen molar-refractivity contribution in [1.29, 1.82) is 0 Å². The normalized spacial score (nSPS) is 24.5. The number of hydrogen-bond donors (Lipinski definition) is 0. The fourth-order valence-corrected chi connectivity index (χ4v) is 4.67. The Kier molecular flexibility index (Phi) is 6.04. The van der Waals surface area contributed by atoms with E-state index in [4.69, 9.17) is 0 Å². The molecule has 0 atom stereocenters. The second kappa shape index (κ2) is 8.88. The standard InChI is InChI=1S/C30H32/c1-21-8-10-25(11-9-21)27-12-13-29(19-23(3)17-27)30-15-14-28(18-24(4)20-30)26-7-5-6-22(2)16-26/h5-7,12-21,25H,3-4,8-11H2,1-2H3. The van der Waals surface area contributed by atoms with Crippen molar-refractivity contribution in [2.24, 2.45) is 11.8 Å². The van der Waals surface area contributed by atoms with Crippen LogP contribution in [-0.2, 0) is 0 Å². The Labute approximate surface area is 182 Å². The molecule has 0 spiro atoms. The Hall–Kier alpha value is -2.86. The van der Waals surface area contributed by atoms with Crippen LogP contribution in [-0.4, -0.2) is 0 Å². The predicted octanol–water partition coefficient (Wildman–Crippen LogP) is 8.24. The third-order valence-corrected chi connectivity index (χ3v) is 6.44. The lowest BCUT2D eigenvalue weighted by molar-refractivity contribution is 0.323. The maximum Gasteiger partial charge on any atom is -0.0162 e. The summed E-state index contributed by atoms with van der Waals surface area (Å²) in [6.07, 6.45) is 23.1. The molecular weight excluding hydrogens is 360 g/mol. The summed E-state index contributed by atoms with van der Waals surface area (Å²) in [5.41, 5.74) is 9.62. The minimum absolute atomic E-state index is 0.671. The molecule has 0 heteroatoms. The van der Waals surface area contributed by atoms with Crippen molar-refractivity contribution in [3.63, 3.8) is 0 Å². The van der Waals surface area contributed by atoms with Crippen LogP contribution in [0.5, 0.6) is 0 Å². The lowest BCUT2D eigenvalue weighted by Crippen LogP contribution is -2.13. The van der Waals surface area contributed by atoms with E-state index in [1.807, 2.05) is 0 Å². The molecule has 30 heavy (non-hydrogen) atoms. The van der Waals surface area contributed by atoms with Crippen molar-refractivity contribution in [3.05, 3.63) is 125 Å². The van der Waals surface area contributed by atoms with Gasteiger partial charge in [-0.2, -0.15) is 0 Å². The molecule has 3 aliphatic rings. The Morgan fingerprint density at radius 3 is 2.03 bits per heavy atom. The lowest BCUT2D eigenvalue weighted by Gasteiger charge is -2.27. The molecule has 1 aromatic carbocycles. The zero-order valence-electron chi connectivity index (χ0n) is 18.3. The molecule has 0 aliphatic heterocycles. The van der Waals surface area contributed by atoms with E-state index in [0.717, 1.165) is 17.1 Å². The number of aryl methyl sites for hydroxylation is 1. The largest absolute Gasteiger partial charge is 0.0917 e. The van der Waals surface area contributed by atoms with Crippen molar-refractivity contribution in [2.45, 2.75) is 39.5 Å². The monoisotopic (exact) mass is 392 g/mol. The minimum atomic E-state index is 0.671. The fraction of sp³-hybridized carbons (Fsp3) is 0.267. The van der Waals surface area contributed by atoms with Crippen molar-refractivity contribution in [3.8, 4) is 0 Å². The molecule has 0 bridgehead atoms. The molecule has 0 N–H and O–H groups in total. The molecule has 0 saturated heterocycles. The molecule has 0 heterocycles. The van der Waals surface area contributed by atoms with E-state index in [-0.39, 0.29) is 0 Å². The van der Waals surface area contributed by atoms with Gasteiger partial charge in [0.05, 0.1) is 0 Å². The number of hydrogen-bond acceptors (Lipinski definition) is 0. The van der Waals surface area contributed by atoms with Crippen molar-refractivity contribution >= 4 is 5.57 Å². The summed E-state index contributed by atoms with van der Waals surface area (Å²) in [5, 5.41) is 0. The minimum Gasteiger partial charge on any atom is -0.0917 e. The van der Waals surface area contributed by atoms with Crippen molar-refractivity contribution in [1.82, 2.24) is 0 Å². The third kappa shape index (κ3) is 4.82. The molecule has 152 valence electrons. The van der Waals surface area contributed by atoms with Crippen LogP contribution in [0.3, 0.4) is 0 Å². The van der Waals surface area contributed by atoms with E-state index >= 15 is 0 Å². The number of rotatable bonds is 3. The first-order valence-corrected chi connectivity index (χ1v) is 11.2. The quantitative estimate of drug-likeness (QED) is 0.486. The van der Waals surface area contributed by atoms with E-state index in [1.54, 1.807) is 0 Å². The Morgan fingerprint density at radius 1 is 0.733 bits per heavy atom. The molecule has 1 fully saturated rings. The predicted molar refractivity (Wildman–Crippen MR) is 131 cm³/mol. The van der Waals surface area contributed by atoms with Gasteiger partial charge in [-0.3, -0.25) is 0 Å². The zero-order valence-corrected chi connectivity index (χ0v) is 18.3. The number of allylic oxidation sites excluding steroid dienone is 14. The third-order valence-electron chi connectivity index (χ3n) is 6.44. The first-order valence-electron chi connectivity index (χ1n) is 11.2. The molecule has 0 amide bonds. The van der Waals surface area contributed by atoms with Crippen LogP contribution >= 0.6 is 0 Å². The second-order valence-corrected chi connectivity index (χ2v) is 9.09. The van der Waals surface area contributed by atoms with Crippen LogP contribution in [0, 0.1) is 18.8 Å². The van der Waals surface area contributed by atoms with E-state index in [2.05, 4.69) is 99.9 Å². The van der Waals surface area contributed by atoms with Gasteiger partial charge in [0.15, 0.2) is 0 Å². The SMILES string of the molecule is C=C1C=C(C2=CC(=C)C=C(C3CCC(C)CC3)C=C2)C=CC(c2cccc(C)c2)=C1. The van der Waals surface area contributed by atoms with Crippen LogP contribution in [0.25, 0.3) is 5.57 Å². The zero-order chi connectivity index (χ0) is 21.1. The molecule has 3 aliphatic carbocycles. The van der Waals surface area contributed by atoms with Gasteiger partial charge in [0.1, 0.15) is 0 Å². The highest BCUT2D eigenvalue weighted by Gasteiger charge is 2.21. The Balaban J connectivity index is 1.56. The van der Waals surface area contributed by atoms with E-state index in [9.17, 15) is 0 Å². The van der Waals surface area contributed by atoms with Gasteiger partial charge in [0.25, 0.3) is 0 Å². The topological polar surface area (TPSA) is 0 Å². The molecule has 0 aromatic heterocycles. The van der Waals surface area contributed by atoms with Crippen LogP contribution in [0.2, 0.25) is 0 Å². The smallest absolute Gasteiger partial charge is 0.0162 e. The summed E-state index contributed by atoms with van der Waals surface area (Å²) in [4.78, 5) is 0.